The minimum atomic E-state index is -0.404. The van der Waals surface area contributed by atoms with Gasteiger partial charge in [-0.15, -0.1) is 0 Å². The fourth-order valence-electron chi connectivity index (χ4n) is 2.06. The van der Waals surface area contributed by atoms with E-state index in [1.807, 2.05) is 6.92 Å². The van der Waals surface area contributed by atoms with Crippen LogP contribution in [0.25, 0.3) is 0 Å². The van der Waals surface area contributed by atoms with Crippen molar-refractivity contribution in [2.24, 2.45) is 0 Å². The van der Waals surface area contributed by atoms with Gasteiger partial charge in [-0.1, -0.05) is 18.5 Å². The first-order chi connectivity index (χ1) is 8.63. The Kier molecular flexibility index (Phi) is 3.81. The lowest BCUT2D eigenvalue weighted by Crippen LogP contribution is -2.56. The highest BCUT2D eigenvalue weighted by molar-refractivity contribution is 6.29. The summed E-state index contributed by atoms with van der Waals surface area (Å²) in [6.07, 6.45) is 2.08. The Morgan fingerprint density at radius 3 is 3.11 bits per heavy atom. The number of amides is 2. The SMILES string of the molecule is CCC1C(=O)NCCN1C(=O)c1ccnc(Cl)c1. The van der Waals surface area contributed by atoms with Gasteiger partial charge < -0.3 is 10.2 Å². The van der Waals surface area contributed by atoms with Crippen LogP contribution in [0.15, 0.2) is 18.3 Å². The second-order valence-corrected chi connectivity index (χ2v) is 4.47. The van der Waals surface area contributed by atoms with Crippen molar-refractivity contribution in [1.82, 2.24) is 15.2 Å². The number of nitrogens with zero attached hydrogens (tertiary/aromatic N) is 2. The maximum atomic E-state index is 12.3. The zero-order chi connectivity index (χ0) is 13.1. The Morgan fingerprint density at radius 2 is 2.44 bits per heavy atom. The molecule has 0 aromatic carbocycles. The van der Waals surface area contributed by atoms with Crippen LogP contribution in [-0.2, 0) is 4.79 Å². The van der Waals surface area contributed by atoms with Crippen LogP contribution in [0.5, 0.6) is 0 Å². The monoisotopic (exact) mass is 267 g/mol. The lowest BCUT2D eigenvalue weighted by Gasteiger charge is -2.34. The molecular formula is C12H14ClN3O2. The number of piperazine rings is 1. The number of nitrogens with one attached hydrogen (secondary N) is 1. The summed E-state index contributed by atoms with van der Waals surface area (Å²) >= 11 is 5.77. The van der Waals surface area contributed by atoms with Gasteiger partial charge in [0.25, 0.3) is 5.91 Å². The van der Waals surface area contributed by atoms with Gasteiger partial charge in [0.2, 0.25) is 5.91 Å². The normalized spacial score (nSPS) is 19.6. The molecule has 18 heavy (non-hydrogen) atoms. The number of hydrogen-bond acceptors (Lipinski definition) is 3. The summed E-state index contributed by atoms with van der Waals surface area (Å²) in [6, 6.07) is 2.72. The molecule has 1 aliphatic heterocycles. The van der Waals surface area contributed by atoms with Crippen LogP contribution in [0.3, 0.4) is 0 Å². The van der Waals surface area contributed by atoms with E-state index in [1.165, 1.54) is 12.3 Å². The largest absolute Gasteiger partial charge is 0.353 e. The van der Waals surface area contributed by atoms with Gasteiger partial charge in [0.05, 0.1) is 0 Å². The second kappa shape index (κ2) is 5.35. The smallest absolute Gasteiger partial charge is 0.254 e. The van der Waals surface area contributed by atoms with Crippen molar-refractivity contribution in [1.29, 1.82) is 0 Å². The lowest BCUT2D eigenvalue weighted by atomic mass is 10.1. The van der Waals surface area contributed by atoms with Crippen molar-refractivity contribution in [2.75, 3.05) is 13.1 Å². The summed E-state index contributed by atoms with van der Waals surface area (Å²) in [5.74, 6) is -0.279. The van der Waals surface area contributed by atoms with Crippen molar-refractivity contribution < 1.29 is 9.59 Å². The van der Waals surface area contributed by atoms with Crippen LogP contribution in [0.2, 0.25) is 5.15 Å². The molecule has 0 saturated carbocycles. The molecule has 1 fully saturated rings. The summed E-state index contributed by atoms with van der Waals surface area (Å²) in [7, 11) is 0. The number of rotatable bonds is 2. The second-order valence-electron chi connectivity index (χ2n) is 4.08. The molecule has 1 N–H and O–H groups in total. The summed E-state index contributed by atoms with van der Waals surface area (Å²) in [5, 5.41) is 3.03. The Bertz CT molecular complexity index is 478. The molecule has 1 aromatic heterocycles. The topological polar surface area (TPSA) is 62.3 Å². The van der Waals surface area contributed by atoms with Gasteiger partial charge in [-0.05, 0) is 18.6 Å². The predicted molar refractivity (Wildman–Crippen MR) is 67.4 cm³/mol. The highest BCUT2D eigenvalue weighted by atomic mass is 35.5. The van der Waals surface area contributed by atoms with E-state index in [9.17, 15) is 9.59 Å². The van der Waals surface area contributed by atoms with Gasteiger partial charge in [0.15, 0.2) is 0 Å². The van der Waals surface area contributed by atoms with Crippen molar-refractivity contribution in [3.8, 4) is 0 Å². The number of aromatic nitrogens is 1. The van der Waals surface area contributed by atoms with Crippen molar-refractivity contribution >= 4 is 23.4 Å². The van der Waals surface area contributed by atoms with Gasteiger partial charge in [-0.25, -0.2) is 4.98 Å². The molecule has 1 atom stereocenters. The van der Waals surface area contributed by atoms with Gasteiger partial charge in [-0.2, -0.15) is 0 Å². The third-order valence-electron chi connectivity index (χ3n) is 2.95. The molecule has 1 aromatic rings. The molecule has 1 unspecified atom stereocenters. The van der Waals surface area contributed by atoms with E-state index in [0.717, 1.165) is 0 Å². The van der Waals surface area contributed by atoms with E-state index in [2.05, 4.69) is 10.3 Å². The maximum absolute atomic E-state index is 12.3. The van der Waals surface area contributed by atoms with Crippen molar-refractivity contribution in [3.05, 3.63) is 29.0 Å². The molecule has 1 aliphatic rings. The molecule has 0 bridgehead atoms. The van der Waals surface area contributed by atoms with Crippen LogP contribution in [0.1, 0.15) is 23.7 Å². The molecule has 0 aliphatic carbocycles. The van der Waals surface area contributed by atoms with Gasteiger partial charge in [0, 0.05) is 24.8 Å². The van der Waals surface area contributed by atoms with Crippen LogP contribution in [0, 0.1) is 0 Å². The number of hydrogen-bond donors (Lipinski definition) is 1. The fraction of sp³-hybridized carbons (Fsp3) is 0.417. The summed E-state index contributed by atoms with van der Waals surface area (Å²) in [5.41, 5.74) is 0.461. The predicted octanol–water partition coefficient (Wildman–Crippen LogP) is 1.09. The molecule has 96 valence electrons. The standard InChI is InChI=1S/C12H14ClN3O2/c1-2-9-11(17)15-5-6-16(9)12(18)8-3-4-14-10(13)7-8/h3-4,7,9H,2,5-6H2,1H3,(H,15,17). The number of carbonyl (C=O) groups is 2. The Balaban J connectivity index is 2.24. The van der Waals surface area contributed by atoms with Gasteiger partial charge in [0.1, 0.15) is 11.2 Å². The van der Waals surface area contributed by atoms with Crippen LogP contribution >= 0.6 is 11.6 Å². The summed E-state index contributed by atoms with van der Waals surface area (Å²) in [4.78, 5) is 29.4. The van der Waals surface area contributed by atoms with E-state index in [0.29, 0.717) is 25.1 Å². The number of halogens is 1. The average molecular weight is 268 g/mol. The fourth-order valence-corrected chi connectivity index (χ4v) is 2.24. The number of pyridine rings is 1. The molecular weight excluding hydrogens is 254 g/mol. The average Bonchev–Trinajstić information content (AvgIpc) is 2.37. The first kappa shape index (κ1) is 12.8. The van der Waals surface area contributed by atoms with E-state index >= 15 is 0 Å². The highest BCUT2D eigenvalue weighted by Gasteiger charge is 2.32. The Hall–Kier alpha value is -1.62. The zero-order valence-electron chi connectivity index (χ0n) is 10.0. The van der Waals surface area contributed by atoms with Gasteiger partial charge in [-0.3, -0.25) is 9.59 Å². The van der Waals surface area contributed by atoms with Crippen molar-refractivity contribution in [2.45, 2.75) is 19.4 Å². The molecule has 2 amide bonds. The molecule has 2 rings (SSSR count). The molecule has 2 heterocycles. The summed E-state index contributed by atoms with van der Waals surface area (Å²) < 4.78 is 0. The van der Waals surface area contributed by atoms with E-state index in [1.54, 1.807) is 11.0 Å². The third kappa shape index (κ3) is 2.46. The molecule has 1 saturated heterocycles. The van der Waals surface area contributed by atoms with Crippen LogP contribution < -0.4 is 5.32 Å². The molecule has 0 spiro atoms. The van der Waals surface area contributed by atoms with Crippen molar-refractivity contribution in [3.63, 3.8) is 0 Å². The molecule has 0 radical (unpaired) electrons. The summed E-state index contributed by atoms with van der Waals surface area (Å²) in [6.45, 7) is 2.89. The minimum Gasteiger partial charge on any atom is -0.353 e. The lowest BCUT2D eigenvalue weighted by molar-refractivity contribution is -0.127. The number of carbonyl (C=O) groups excluding carboxylic acids is 2. The Morgan fingerprint density at radius 1 is 1.67 bits per heavy atom. The van der Waals surface area contributed by atoms with Gasteiger partial charge >= 0.3 is 0 Å². The van der Waals surface area contributed by atoms with E-state index in [4.69, 9.17) is 11.6 Å². The first-order valence-electron chi connectivity index (χ1n) is 5.83. The van der Waals surface area contributed by atoms with Crippen LogP contribution in [-0.4, -0.2) is 40.8 Å². The third-order valence-corrected chi connectivity index (χ3v) is 3.16. The highest BCUT2D eigenvalue weighted by Crippen LogP contribution is 2.15. The Labute approximate surface area is 110 Å². The quantitative estimate of drug-likeness (QED) is 0.816. The maximum Gasteiger partial charge on any atom is 0.254 e. The molecule has 6 heteroatoms. The molecule has 5 nitrogen and oxygen atoms in total. The minimum absolute atomic E-state index is 0.0998. The van der Waals surface area contributed by atoms with Crippen LogP contribution in [0.4, 0.5) is 0 Å². The van der Waals surface area contributed by atoms with E-state index < -0.39 is 6.04 Å². The first-order valence-corrected chi connectivity index (χ1v) is 6.21. The van der Waals surface area contributed by atoms with E-state index in [-0.39, 0.29) is 17.0 Å². The zero-order valence-corrected chi connectivity index (χ0v) is 10.8.